The van der Waals surface area contributed by atoms with Crippen LogP contribution in [0.25, 0.3) is 0 Å². The van der Waals surface area contributed by atoms with Gasteiger partial charge in [0.25, 0.3) is 0 Å². The first-order chi connectivity index (χ1) is 7.77. The molecule has 1 heterocycles. The van der Waals surface area contributed by atoms with Gasteiger partial charge in [-0.2, -0.15) is 0 Å². The molecule has 1 amide bonds. The molecule has 0 aromatic rings. The molecule has 1 N–H and O–H groups in total. The molecule has 1 unspecified atom stereocenters. The molecule has 2 fully saturated rings. The summed E-state index contributed by atoms with van der Waals surface area (Å²) in [5.74, 6) is 0.314. The molecule has 16 heavy (non-hydrogen) atoms. The third kappa shape index (κ3) is 2.97. The Hall–Kier alpha value is -0.570. The second-order valence-electron chi connectivity index (χ2n) is 5.26. The lowest BCUT2D eigenvalue weighted by atomic mass is 9.92. The molecule has 0 aromatic carbocycles. The minimum Gasteiger partial charge on any atom is -0.341 e. The zero-order chi connectivity index (χ0) is 11.4. The number of hydrogen-bond acceptors (Lipinski definition) is 2. The van der Waals surface area contributed by atoms with Crippen molar-refractivity contribution in [2.24, 2.45) is 0 Å². The van der Waals surface area contributed by atoms with Crippen LogP contribution < -0.4 is 5.32 Å². The lowest BCUT2D eigenvalue weighted by Gasteiger charge is -2.32. The first-order valence-electron chi connectivity index (χ1n) is 6.82. The van der Waals surface area contributed by atoms with Crippen molar-refractivity contribution in [2.75, 3.05) is 13.1 Å². The van der Waals surface area contributed by atoms with Gasteiger partial charge in [-0.25, -0.2) is 0 Å². The molecule has 0 bridgehead atoms. The maximum Gasteiger partial charge on any atom is 0.239 e. The van der Waals surface area contributed by atoms with Crippen LogP contribution in [-0.2, 0) is 4.79 Å². The molecule has 1 saturated carbocycles. The summed E-state index contributed by atoms with van der Waals surface area (Å²) in [6.07, 6.45) is 8.75. The van der Waals surface area contributed by atoms with E-state index in [9.17, 15) is 4.79 Å². The minimum atomic E-state index is 0.0170. The van der Waals surface area contributed by atoms with Gasteiger partial charge in [0.2, 0.25) is 5.91 Å². The van der Waals surface area contributed by atoms with Crippen LogP contribution in [0.15, 0.2) is 0 Å². The van der Waals surface area contributed by atoms with Gasteiger partial charge < -0.3 is 10.2 Å². The number of carbonyl (C=O) groups is 1. The van der Waals surface area contributed by atoms with E-state index in [1.165, 1.54) is 44.9 Å². The summed E-state index contributed by atoms with van der Waals surface area (Å²) < 4.78 is 0. The van der Waals surface area contributed by atoms with E-state index >= 15 is 0 Å². The Bertz CT molecular complexity index is 230. The second kappa shape index (κ2) is 5.67. The molecule has 0 radical (unpaired) electrons. The van der Waals surface area contributed by atoms with E-state index in [-0.39, 0.29) is 6.04 Å². The Morgan fingerprint density at radius 3 is 2.25 bits per heavy atom. The van der Waals surface area contributed by atoms with Gasteiger partial charge in [-0.05, 0) is 32.6 Å². The topological polar surface area (TPSA) is 32.3 Å². The maximum absolute atomic E-state index is 12.2. The van der Waals surface area contributed by atoms with E-state index in [4.69, 9.17) is 0 Å². The summed E-state index contributed by atoms with van der Waals surface area (Å²) in [5.41, 5.74) is 0. The summed E-state index contributed by atoms with van der Waals surface area (Å²) in [6.45, 7) is 3.95. The Kier molecular flexibility index (Phi) is 4.22. The van der Waals surface area contributed by atoms with Crippen LogP contribution in [0.2, 0.25) is 0 Å². The number of amides is 1. The summed E-state index contributed by atoms with van der Waals surface area (Å²) in [6, 6.07) is 0.620. The van der Waals surface area contributed by atoms with E-state index in [0.29, 0.717) is 11.9 Å². The van der Waals surface area contributed by atoms with Crippen molar-refractivity contribution < 1.29 is 4.79 Å². The monoisotopic (exact) mass is 224 g/mol. The minimum absolute atomic E-state index is 0.0170. The third-order valence-electron chi connectivity index (χ3n) is 3.88. The smallest absolute Gasteiger partial charge is 0.239 e. The summed E-state index contributed by atoms with van der Waals surface area (Å²) >= 11 is 0. The lowest BCUT2D eigenvalue weighted by molar-refractivity contribution is -0.133. The van der Waals surface area contributed by atoms with Crippen LogP contribution in [0.4, 0.5) is 0 Å². The van der Waals surface area contributed by atoms with Crippen molar-refractivity contribution in [1.29, 1.82) is 0 Å². The zero-order valence-corrected chi connectivity index (χ0v) is 10.4. The van der Waals surface area contributed by atoms with Crippen LogP contribution in [0.1, 0.15) is 51.9 Å². The number of nitrogens with zero attached hydrogens (tertiary/aromatic N) is 1. The standard InChI is InChI=1S/C13H24N2O/c1-11(14-12-7-6-8-12)13(16)15-9-4-2-3-5-10-15/h11-12,14H,2-10H2,1H3. The Labute approximate surface area is 98.6 Å². The fourth-order valence-electron chi connectivity index (χ4n) is 2.56. The molecule has 92 valence electrons. The first kappa shape index (κ1) is 11.9. The average Bonchev–Trinajstić information content (AvgIpc) is 2.50. The van der Waals surface area contributed by atoms with E-state index in [2.05, 4.69) is 10.2 Å². The highest BCUT2D eigenvalue weighted by Crippen LogP contribution is 2.19. The average molecular weight is 224 g/mol. The summed E-state index contributed by atoms with van der Waals surface area (Å²) in [7, 11) is 0. The Morgan fingerprint density at radius 1 is 1.12 bits per heavy atom. The molecule has 2 aliphatic rings. The largest absolute Gasteiger partial charge is 0.341 e. The molecule has 3 nitrogen and oxygen atoms in total. The highest BCUT2D eigenvalue weighted by atomic mass is 16.2. The molecular formula is C13H24N2O. The number of likely N-dealkylation sites (tertiary alicyclic amines) is 1. The predicted molar refractivity (Wildman–Crippen MR) is 65.3 cm³/mol. The van der Waals surface area contributed by atoms with Crippen molar-refractivity contribution >= 4 is 5.91 Å². The van der Waals surface area contributed by atoms with Crippen LogP contribution >= 0.6 is 0 Å². The van der Waals surface area contributed by atoms with Gasteiger partial charge in [0.05, 0.1) is 6.04 Å². The van der Waals surface area contributed by atoms with Gasteiger partial charge in [0.15, 0.2) is 0 Å². The summed E-state index contributed by atoms with van der Waals surface area (Å²) in [5, 5.41) is 3.44. The van der Waals surface area contributed by atoms with Crippen LogP contribution in [0.5, 0.6) is 0 Å². The summed E-state index contributed by atoms with van der Waals surface area (Å²) in [4.78, 5) is 14.2. The van der Waals surface area contributed by atoms with Gasteiger partial charge in [0.1, 0.15) is 0 Å². The van der Waals surface area contributed by atoms with Gasteiger partial charge in [-0.3, -0.25) is 4.79 Å². The molecule has 1 aliphatic heterocycles. The van der Waals surface area contributed by atoms with Crippen molar-refractivity contribution in [3.63, 3.8) is 0 Å². The molecule has 1 atom stereocenters. The second-order valence-corrected chi connectivity index (χ2v) is 5.26. The number of rotatable bonds is 3. The fraction of sp³-hybridized carbons (Fsp3) is 0.923. The predicted octanol–water partition coefficient (Wildman–Crippen LogP) is 1.92. The lowest BCUT2D eigenvalue weighted by Crippen LogP contribution is -2.50. The molecule has 0 spiro atoms. The van der Waals surface area contributed by atoms with Crippen LogP contribution in [-0.4, -0.2) is 36.0 Å². The first-order valence-corrected chi connectivity index (χ1v) is 6.82. The fourth-order valence-corrected chi connectivity index (χ4v) is 2.56. The Morgan fingerprint density at radius 2 is 1.75 bits per heavy atom. The number of hydrogen-bond donors (Lipinski definition) is 1. The van der Waals surface area contributed by atoms with Crippen molar-refractivity contribution in [2.45, 2.75) is 64.0 Å². The van der Waals surface area contributed by atoms with Crippen molar-refractivity contribution in [3.8, 4) is 0 Å². The van der Waals surface area contributed by atoms with E-state index < -0.39 is 0 Å². The highest BCUT2D eigenvalue weighted by molar-refractivity contribution is 5.81. The van der Waals surface area contributed by atoms with Gasteiger partial charge in [0, 0.05) is 19.1 Å². The molecule has 1 saturated heterocycles. The van der Waals surface area contributed by atoms with E-state index in [1.807, 2.05) is 6.92 Å². The third-order valence-corrected chi connectivity index (χ3v) is 3.88. The zero-order valence-electron chi connectivity index (χ0n) is 10.4. The maximum atomic E-state index is 12.2. The molecule has 1 aliphatic carbocycles. The molecule has 2 rings (SSSR count). The Balaban J connectivity index is 1.79. The molecular weight excluding hydrogens is 200 g/mol. The van der Waals surface area contributed by atoms with Gasteiger partial charge in [-0.1, -0.05) is 19.3 Å². The van der Waals surface area contributed by atoms with Gasteiger partial charge >= 0.3 is 0 Å². The molecule has 0 aromatic heterocycles. The van der Waals surface area contributed by atoms with Crippen LogP contribution in [0, 0.1) is 0 Å². The number of nitrogens with one attached hydrogen (secondary N) is 1. The van der Waals surface area contributed by atoms with Crippen molar-refractivity contribution in [1.82, 2.24) is 10.2 Å². The van der Waals surface area contributed by atoms with Crippen LogP contribution in [0.3, 0.4) is 0 Å². The SMILES string of the molecule is CC(NC1CCC1)C(=O)N1CCCCCC1. The quantitative estimate of drug-likeness (QED) is 0.794. The van der Waals surface area contributed by atoms with E-state index in [1.54, 1.807) is 0 Å². The van der Waals surface area contributed by atoms with Gasteiger partial charge in [-0.15, -0.1) is 0 Å². The number of carbonyl (C=O) groups excluding carboxylic acids is 1. The van der Waals surface area contributed by atoms with E-state index in [0.717, 1.165) is 13.1 Å². The van der Waals surface area contributed by atoms with Crippen molar-refractivity contribution in [3.05, 3.63) is 0 Å². The molecule has 3 heteroatoms. The normalized spacial score (nSPS) is 24.7. The highest BCUT2D eigenvalue weighted by Gasteiger charge is 2.25.